The van der Waals surface area contributed by atoms with E-state index in [2.05, 4.69) is 5.32 Å². The quantitative estimate of drug-likeness (QED) is 0.358. The molecule has 2 atom stereocenters. The number of carbonyl (C=O) groups excluding carboxylic acids is 3. The fraction of sp³-hybridized carbons (Fsp3) is 0.318. The minimum Gasteiger partial charge on any atom is -0.466 e. The van der Waals surface area contributed by atoms with Crippen molar-refractivity contribution in [2.45, 2.75) is 39.2 Å². The summed E-state index contributed by atoms with van der Waals surface area (Å²) >= 11 is 0. The first kappa shape index (κ1) is 23.5. The van der Waals surface area contributed by atoms with Gasteiger partial charge in [0, 0.05) is 23.6 Å². The Bertz CT molecular complexity index is 967. The summed E-state index contributed by atoms with van der Waals surface area (Å²) in [6, 6.07) is 9.40. The van der Waals surface area contributed by atoms with Crippen molar-refractivity contribution in [2.24, 2.45) is 5.73 Å². The molecule has 2 rings (SSSR count). The molecule has 0 saturated heterocycles. The second-order valence-electron chi connectivity index (χ2n) is 7.19. The first-order chi connectivity index (χ1) is 14.6. The zero-order chi connectivity index (χ0) is 23.1. The summed E-state index contributed by atoms with van der Waals surface area (Å²) in [6.07, 6.45) is -0.244. The second kappa shape index (κ2) is 10.3. The third-order valence-electron chi connectivity index (χ3n) is 4.70. The van der Waals surface area contributed by atoms with Crippen LogP contribution in [0.15, 0.2) is 42.5 Å². The molecule has 31 heavy (non-hydrogen) atoms. The molecular formula is C22H25N3O6. The van der Waals surface area contributed by atoms with Gasteiger partial charge in [0.15, 0.2) is 0 Å². The Labute approximate surface area is 179 Å². The summed E-state index contributed by atoms with van der Waals surface area (Å²) in [5.41, 5.74) is 7.96. The van der Waals surface area contributed by atoms with Crippen molar-refractivity contribution in [3.8, 4) is 0 Å². The van der Waals surface area contributed by atoms with Gasteiger partial charge in [0.05, 0.1) is 18.0 Å². The lowest BCUT2D eigenvalue weighted by molar-refractivity contribution is -0.384. The van der Waals surface area contributed by atoms with Gasteiger partial charge >= 0.3 is 5.97 Å². The molecule has 0 fully saturated rings. The molecule has 0 aliphatic heterocycles. The van der Waals surface area contributed by atoms with E-state index < -0.39 is 34.7 Å². The molecule has 0 aliphatic carbocycles. The first-order valence-electron chi connectivity index (χ1n) is 9.70. The Morgan fingerprint density at radius 1 is 1.10 bits per heavy atom. The second-order valence-corrected chi connectivity index (χ2v) is 7.19. The van der Waals surface area contributed by atoms with Gasteiger partial charge in [-0.2, -0.15) is 0 Å². The fourth-order valence-electron chi connectivity index (χ4n) is 3.37. The number of hydrogen-bond acceptors (Lipinski definition) is 6. The zero-order valence-corrected chi connectivity index (χ0v) is 17.6. The maximum atomic E-state index is 12.8. The first-order valence-corrected chi connectivity index (χ1v) is 9.70. The standard InChI is InChI=1S/C22H25N3O6/c1-4-31-19(26)12-18(15-5-7-17(8-6-15)25(29)30)20(21(23)27)24-22(28)16-10-13(2)9-14(3)11-16/h5-11,18,20H,4,12H2,1-3H3,(H2,23,27)(H,24,28)/t18-,20-/m0/s1. The number of nitrogens with two attached hydrogens (primary N) is 1. The smallest absolute Gasteiger partial charge is 0.306 e. The van der Waals surface area contributed by atoms with Gasteiger partial charge in [-0.25, -0.2) is 0 Å². The van der Waals surface area contributed by atoms with Crippen LogP contribution in [0.1, 0.15) is 46.3 Å². The molecule has 3 N–H and O–H groups in total. The SMILES string of the molecule is CCOC(=O)C[C@@H](c1ccc([N+](=O)[O-])cc1)[C@H](NC(=O)c1cc(C)cc(C)c1)C(N)=O. The largest absolute Gasteiger partial charge is 0.466 e. The van der Waals surface area contributed by atoms with Gasteiger partial charge in [0.25, 0.3) is 11.6 Å². The number of non-ortho nitro benzene ring substituents is 1. The number of benzene rings is 2. The highest BCUT2D eigenvalue weighted by Crippen LogP contribution is 2.27. The van der Waals surface area contributed by atoms with E-state index in [0.29, 0.717) is 11.1 Å². The number of nitro benzene ring substituents is 1. The van der Waals surface area contributed by atoms with E-state index >= 15 is 0 Å². The van der Waals surface area contributed by atoms with Gasteiger partial charge in [-0.15, -0.1) is 0 Å². The van der Waals surface area contributed by atoms with Crippen LogP contribution in [0.4, 0.5) is 5.69 Å². The fourth-order valence-corrected chi connectivity index (χ4v) is 3.37. The van der Waals surface area contributed by atoms with Crippen molar-refractivity contribution >= 4 is 23.5 Å². The normalized spacial score (nSPS) is 12.5. The number of nitro groups is 1. The van der Waals surface area contributed by atoms with E-state index in [1.807, 2.05) is 19.9 Å². The van der Waals surface area contributed by atoms with Crippen molar-refractivity contribution in [3.63, 3.8) is 0 Å². The number of nitrogens with zero attached hydrogens (tertiary/aromatic N) is 1. The van der Waals surface area contributed by atoms with E-state index in [-0.39, 0.29) is 18.7 Å². The predicted molar refractivity (Wildman–Crippen MR) is 113 cm³/mol. The summed E-state index contributed by atoms with van der Waals surface area (Å²) in [5.74, 6) is -2.82. The van der Waals surface area contributed by atoms with Crippen LogP contribution in [0.3, 0.4) is 0 Å². The lowest BCUT2D eigenvalue weighted by Crippen LogP contribution is -2.48. The van der Waals surface area contributed by atoms with Crippen molar-refractivity contribution in [3.05, 3.63) is 74.8 Å². The van der Waals surface area contributed by atoms with Gasteiger partial charge < -0.3 is 15.8 Å². The molecule has 0 bridgehead atoms. The Hall–Kier alpha value is -3.75. The molecule has 2 aromatic rings. The van der Waals surface area contributed by atoms with Crippen molar-refractivity contribution in [1.82, 2.24) is 5.32 Å². The Morgan fingerprint density at radius 2 is 1.68 bits per heavy atom. The highest BCUT2D eigenvalue weighted by Gasteiger charge is 2.32. The molecule has 9 heteroatoms. The average molecular weight is 427 g/mol. The molecule has 0 saturated carbocycles. The number of carbonyl (C=O) groups is 3. The molecule has 9 nitrogen and oxygen atoms in total. The van der Waals surface area contributed by atoms with Crippen LogP contribution in [0.5, 0.6) is 0 Å². The maximum absolute atomic E-state index is 12.8. The zero-order valence-electron chi connectivity index (χ0n) is 17.6. The molecule has 0 unspecified atom stereocenters. The number of ether oxygens (including phenoxy) is 1. The van der Waals surface area contributed by atoms with Crippen molar-refractivity contribution in [1.29, 1.82) is 0 Å². The summed E-state index contributed by atoms with van der Waals surface area (Å²) < 4.78 is 4.99. The van der Waals surface area contributed by atoms with E-state index in [4.69, 9.17) is 10.5 Å². The molecule has 2 aromatic carbocycles. The lowest BCUT2D eigenvalue weighted by Gasteiger charge is -2.25. The summed E-state index contributed by atoms with van der Waals surface area (Å²) in [5, 5.41) is 13.6. The van der Waals surface area contributed by atoms with E-state index in [9.17, 15) is 24.5 Å². The topological polar surface area (TPSA) is 142 Å². The molecule has 0 aliphatic rings. The number of aryl methyl sites for hydroxylation is 2. The molecule has 0 radical (unpaired) electrons. The minimum absolute atomic E-state index is 0.141. The molecule has 0 heterocycles. The van der Waals surface area contributed by atoms with Gasteiger partial charge in [-0.3, -0.25) is 24.5 Å². The molecule has 0 spiro atoms. The average Bonchev–Trinajstić information content (AvgIpc) is 2.69. The maximum Gasteiger partial charge on any atom is 0.306 e. The highest BCUT2D eigenvalue weighted by molar-refractivity contribution is 5.98. The monoisotopic (exact) mass is 427 g/mol. The number of hydrogen-bond donors (Lipinski definition) is 2. The number of esters is 1. The molecular weight excluding hydrogens is 402 g/mol. The summed E-state index contributed by atoms with van der Waals surface area (Å²) in [6.45, 7) is 5.47. The van der Waals surface area contributed by atoms with Crippen molar-refractivity contribution < 1.29 is 24.0 Å². The number of primary amides is 1. The molecule has 0 aromatic heterocycles. The Balaban J connectivity index is 2.40. The summed E-state index contributed by atoms with van der Waals surface area (Å²) in [7, 11) is 0. The van der Waals surface area contributed by atoms with Crippen LogP contribution in [0.25, 0.3) is 0 Å². The Morgan fingerprint density at radius 3 is 2.16 bits per heavy atom. The van der Waals surface area contributed by atoms with Crippen LogP contribution in [-0.4, -0.2) is 35.4 Å². The number of rotatable bonds is 9. The minimum atomic E-state index is -1.24. The third-order valence-corrected chi connectivity index (χ3v) is 4.70. The van der Waals surface area contributed by atoms with Crippen LogP contribution >= 0.6 is 0 Å². The van der Waals surface area contributed by atoms with Gasteiger partial charge in [0.1, 0.15) is 6.04 Å². The van der Waals surface area contributed by atoms with Gasteiger partial charge in [0.2, 0.25) is 5.91 Å². The van der Waals surface area contributed by atoms with Crippen LogP contribution in [0.2, 0.25) is 0 Å². The van der Waals surface area contributed by atoms with Gasteiger partial charge in [-0.05, 0) is 38.5 Å². The number of amides is 2. The lowest BCUT2D eigenvalue weighted by atomic mass is 9.87. The van der Waals surface area contributed by atoms with E-state index in [1.54, 1.807) is 19.1 Å². The van der Waals surface area contributed by atoms with Gasteiger partial charge in [-0.1, -0.05) is 29.3 Å². The number of nitrogens with one attached hydrogen (secondary N) is 1. The third kappa shape index (κ3) is 6.36. The van der Waals surface area contributed by atoms with E-state index in [0.717, 1.165) is 11.1 Å². The predicted octanol–water partition coefficient (Wildman–Crippen LogP) is 2.53. The van der Waals surface area contributed by atoms with E-state index in [1.165, 1.54) is 24.3 Å². The highest BCUT2D eigenvalue weighted by atomic mass is 16.6. The summed E-state index contributed by atoms with van der Waals surface area (Å²) in [4.78, 5) is 47.7. The van der Waals surface area contributed by atoms with Crippen LogP contribution < -0.4 is 11.1 Å². The van der Waals surface area contributed by atoms with Crippen molar-refractivity contribution in [2.75, 3.05) is 6.61 Å². The van der Waals surface area contributed by atoms with Crippen LogP contribution in [0, 0.1) is 24.0 Å². The Kier molecular flexibility index (Phi) is 7.84. The molecule has 2 amide bonds. The van der Waals surface area contributed by atoms with Crippen LogP contribution in [-0.2, 0) is 14.3 Å². The molecule has 164 valence electrons.